The van der Waals surface area contributed by atoms with Crippen molar-refractivity contribution < 1.29 is 14.3 Å². The van der Waals surface area contributed by atoms with E-state index >= 15 is 0 Å². The third kappa shape index (κ3) is 3.25. The summed E-state index contributed by atoms with van der Waals surface area (Å²) in [6, 6.07) is 2.02. The number of aryl methyl sites for hydroxylation is 1. The predicted molar refractivity (Wildman–Crippen MR) is 107 cm³/mol. The summed E-state index contributed by atoms with van der Waals surface area (Å²) in [4.78, 5) is 16.5. The van der Waals surface area contributed by atoms with Gasteiger partial charge in [-0.1, -0.05) is 0 Å². The van der Waals surface area contributed by atoms with E-state index in [2.05, 4.69) is 15.4 Å². The minimum atomic E-state index is 0.0324. The lowest BCUT2D eigenvalue weighted by Gasteiger charge is -2.23. The van der Waals surface area contributed by atoms with Crippen LogP contribution >= 0.6 is 0 Å². The van der Waals surface area contributed by atoms with E-state index in [0.717, 1.165) is 54.5 Å². The molecule has 1 aliphatic carbocycles. The Hall–Kier alpha value is -2.94. The van der Waals surface area contributed by atoms with Crippen molar-refractivity contribution in [3.63, 3.8) is 0 Å². The van der Waals surface area contributed by atoms with Crippen molar-refractivity contribution >= 4 is 22.6 Å². The number of fused-ring (bicyclic) bond motifs is 1. The Morgan fingerprint density at radius 1 is 1.31 bits per heavy atom. The highest BCUT2D eigenvalue weighted by Crippen LogP contribution is 2.37. The molecule has 9 nitrogen and oxygen atoms in total. The van der Waals surface area contributed by atoms with Crippen molar-refractivity contribution in [3.8, 4) is 17.1 Å². The topological polar surface area (TPSA) is 96.1 Å². The van der Waals surface area contributed by atoms with Crippen LogP contribution in [0.2, 0.25) is 0 Å². The van der Waals surface area contributed by atoms with Gasteiger partial charge in [-0.05, 0) is 31.7 Å². The van der Waals surface area contributed by atoms with Gasteiger partial charge < -0.3 is 14.8 Å². The molecule has 4 heterocycles. The molecule has 5 rings (SSSR count). The summed E-state index contributed by atoms with van der Waals surface area (Å²) in [5.74, 6) is 1.36. The fourth-order valence-corrected chi connectivity index (χ4v) is 3.89. The van der Waals surface area contributed by atoms with Gasteiger partial charge in [0.1, 0.15) is 11.5 Å². The molecule has 0 radical (unpaired) electrons. The average Bonchev–Trinajstić information content (AvgIpc) is 3.44. The molecule has 9 heteroatoms. The highest BCUT2D eigenvalue weighted by molar-refractivity contribution is 5.98. The van der Waals surface area contributed by atoms with E-state index in [1.54, 1.807) is 24.2 Å². The highest BCUT2D eigenvalue weighted by atomic mass is 16.5. The molecule has 1 atom stereocenters. The number of carbonyl (C=O) groups is 1. The molecular weight excluding hydrogens is 372 g/mol. The first-order valence-corrected chi connectivity index (χ1v) is 9.99. The van der Waals surface area contributed by atoms with Gasteiger partial charge in [-0.15, -0.1) is 0 Å². The number of pyridine rings is 1. The van der Waals surface area contributed by atoms with Gasteiger partial charge in [-0.2, -0.15) is 10.2 Å². The summed E-state index contributed by atoms with van der Waals surface area (Å²) < 4.78 is 15.0. The van der Waals surface area contributed by atoms with Crippen molar-refractivity contribution in [2.45, 2.75) is 31.7 Å². The van der Waals surface area contributed by atoms with Crippen LogP contribution in [0.4, 0.5) is 5.82 Å². The van der Waals surface area contributed by atoms with E-state index < -0.39 is 0 Å². The normalized spacial score (nSPS) is 19.4. The van der Waals surface area contributed by atoms with Crippen LogP contribution in [-0.4, -0.2) is 50.8 Å². The fourth-order valence-electron chi connectivity index (χ4n) is 3.89. The Kier molecular flexibility index (Phi) is 4.46. The Balaban J connectivity index is 1.55. The Morgan fingerprint density at radius 3 is 2.90 bits per heavy atom. The number of aromatic nitrogens is 5. The molecule has 0 aromatic carbocycles. The van der Waals surface area contributed by atoms with Gasteiger partial charge in [0.2, 0.25) is 11.8 Å². The standard InChI is InChI=1S/C20H24N6O3/c1-25-16-10-21-17(23-19(27)12-5-6-12)8-14(16)18(24-25)15-9-22-26(20(15)28-2)13-4-3-7-29-11-13/h8-10,12-13H,3-7,11H2,1-2H3,(H,21,23,27)/t13-/m0/s1. The maximum Gasteiger partial charge on any atom is 0.228 e. The van der Waals surface area contributed by atoms with Gasteiger partial charge in [0, 0.05) is 25.0 Å². The van der Waals surface area contributed by atoms with Crippen LogP contribution in [0.5, 0.6) is 5.88 Å². The molecule has 3 aromatic heterocycles. The molecule has 152 valence electrons. The largest absolute Gasteiger partial charge is 0.481 e. The van der Waals surface area contributed by atoms with Crippen LogP contribution in [0.3, 0.4) is 0 Å². The summed E-state index contributed by atoms with van der Waals surface area (Å²) >= 11 is 0. The first kappa shape index (κ1) is 18.1. The second-order valence-corrected chi connectivity index (χ2v) is 7.71. The zero-order chi connectivity index (χ0) is 20.0. The van der Waals surface area contributed by atoms with Gasteiger partial charge in [0.05, 0.1) is 43.2 Å². The lowest BCUT2D eigenvalue weighted by atomic mass is 10.1. The number of methoxy groups -OCH3 is 1. The van der Waals surface area contributed by atoms with Gasteiger partial charge in [-0.3, -0.25) is 9.48 Å². The van der Waals surface area contributed by atoms with Gasteiger partial charge in [-0.25, -0.2) is 9.67 Å². The molecule has 0 spiro atoms. The quantitative estimate of drug-likeness (QED) is 0.712. The minimum Gasteiger partial charge on any atom is -0.481 e. The number of amides is 1. The number of hydrogen-bond donors (Lipinski definition) is 1. The molecule has 1 saturated carbocycles. The molecule has 0 bridgehead atoms. The van der Waals surface area contributed by atoms with Crippen LogP contribution in [0.25, 0.3) is 22.2 Å². The second kappa shape index (κ2) is 7.14. The molecule has 1 saturated heterocycles. The molecule has 1 amide bonds. The van der Waals surface area contributed by atoms with E-state index in [0.29, 0.717) is 18.3 Å². The number of nitrogens with zero attached hydrogens (tertiary/aromatic N) is 5. The maximum atomic E-state index is 12.1. The van der Waals surface area contributed by atoms with E-state index in [4.69, 9.17) is 14.6 Å². The van der Waals surface area contributed by atoms with Crippen molar-refractivity contribution in [1.29, 1.82) is 0 Å². The van der Waals surface area contributed by atoms with Crippen LogP contribution in [0, 0.1) is 5.92 Å². The van der Waals surface area contributed by atoms with E-state index in [1.165, 1.54) is 0 Å². The summed E-state index contributed by atoms with van der Waals surface area (Å²) in [6.45, 7) is 1.42. The number of carbonyl (C=O) groups excluding carboxylic acids is 1. The Morgan fingerprint density at radius 2 is 2.17 bits per heavy atom. The van der Waals surface area contributed by atoms with Gasteiger partial charge >= 0.3 is 0 Å². The van der Waals surface area contributed by atoms with Crippen LogP contribution < -0.4 is 10.1 Å². The maximum absolute atomic E-state index is 12.1. The molecular formula is C20H24N6O3. The molecule has 2 aliphatic rings. The average molecular weight is 396 g/mol. The monoisotopic (exact) mass is 396 g/mol. The van der Waals surface area contributed by atoms with Gasteiger partial charge in [0.15, 0.2) is 0 Å². The summed E-state index contributed by atoms with van der Waals surface area (Å²) in [5, 5.41) is 13.1. The third-order valence-corrected chi connectivity index (χ3v) is 5.62. The third-order valence-electron chi connectivity index (χ3n) is 5.62. The molecule has 0 unspecified atom stereocenters. The van der Waals surface area contributed by atoms with Crippen LogP contribution in [-0.2, 0) is 16.6 Å². The minimum absolute atomic E-state index is 0.0324. The van der Waals surface area contributed by atoms with E-state index in [1.807, 2.05) is 17.8 Å². The molecule has 3 aromatic rings. The predicted octanol–water partition coefficient (Wildman–Crippen LogP) is 2.54. The Bertz CT molecular complexity index is 1060. The lowest BCUT2D eigenvalue weighted by Crippen LogP contribution is -2.22. The first-order valence-electron chi connectivity index (χ1n) is 9.99. The summed E-state index contributed by atoms with van der Waals surface area (Å²) in [6.07, 6.45) is 7.44. The van der Waals surface area contributed by atoms with Crippen molar-refractivity contribution in [2.24, 2.45) is 13.0 Å². The number of rotatable bonds is 5. The van der Waals surface area contributed by atoms with E-state index in [9.17, 15) is 4.79 Å². The molecule has 29 heavy (non-hydrogen) atoms. The number of nitrogens with one attached hydrogen (secondary N) is 1. The zero-order valence-electron chi connectivity index (χ0n) is 16.6. The van der Waals surface area contributed by atoms with Crippen LogP contribution in [0.1, 0.15) is 31.7 Å². The van der Waals surface area contributed by atoms with Crippen molar-refractivity contribution in [1.82, 2.24) is 24.5 Å². The van der Waals surface area contributed by atoms with Gasteiger partial charge in [0.25, 0.3) is 0 Å². The lowest BCUT2D eigenvalue weighted by molar-refractivity contribution is -0.117. The first-order chi connectivity index (χ1) is 14.2. The van der Waals surface area contributed by atoms with Crippen molar-refractivity contribution in [2.75, 3.05) is 25.6 Å². The fraction of sp³-hybridized carbons (Fsp3) is 0.500. The zero-order valence-corrected chi connectivity index (χ0v) is 16.6. The van der Waals surface area contributed by atoms with Crippen LogP contribution in [0.15, 0.2) is 18.5 Å². The SMILES string of the molecule is COc1c(-c2nn(C)c3cnc(NC(=O)C4CC4)cc23)cnn1[C@H]1CCCOC1. The highest BCUT2D eigenvalue weighted by Gasteiger charge is 2.30. The number of hydrogen-bond acceptors (Lipinski definition) is 6. The molecule has 1 N–H and O–H groups in total. The summed E-state index contributed by atoms with van der Waals surface area (Å²) in [5.41, 5.74) is 2.45. The number of anilines is 1. The van der Waals surface area contributed by atoms with Crippen molar-refractivity contribution in [3.05, 3.63) is 18.5 Å². The van der Waals surface area contributed by atoms with E-state index in [-0.39, 0.29) is 17.9 Å². The smallest absolute Gasteiger partial charge is 0.228 e. The summed E-state index contributed by atoms with van der Waals surface area (Å²) in [7, 11) is 3.52. The second-order valence-electron chi connectivity index (χ2n) is 7.71. The molecule has 2 fully saturated rings. The number of ether oxygens (including phenoxy) is 2. The molecule has 1 aliphatic heterocycles. The Labute approximate surface area is 168 Å².